The Morgan fingerprint density at radius 2 is 2.08 bits per heavy atom. The van der Waals surface area contributed by atoms with Crippen LogP contribution in [0.15, 0.2) is 30.0 Å². The van der Waals surface area contributed by atoms with Gasteiger partial charge in [-0.15, -0.1) is 0 Å². The van der Waals surface area contributed by atoms with E-state index in [0.717, 1.165) is 25.9 Å². The Morgan fingerprint density at radius 3 is 2.80 bits per heavy atom. The fourth-order valence-electron chi connectivity index (χ4n) is 3.24. The molecule has 0 unspecified atom stereocenters. The minimum Gasteiger partial charge on any atom is -0.361 e. The Kier molecular flexibility index (Phi) is 6.26. The molecule has 1 aliphatic heterocycles. The molecule has 3 rings (SSSR count). The summed E-state index contributed by atoms with van der Waals surface area (Å²) in [5.41, 5.74) is 2.04. The van der Waals surface area contributed by atoms with Gasteiger partial charge in [0.1, 0.15) is 5.15 Å². The maximum atomic E-state index is 12.7. The number of halogens is 1. The van der Waals surface area contributed by atoms with Gasteiger partial charge < -0.3 is 5.32 Å². The van der Waals surface area contributed by atoms with Crippen LogP contribution in [0.2, 0.25) is 5.15 Å². The number of carbonyl (C=O) groups excluding carboxylic acids is 1. The van der Waals surface area contributed by atoms with Gasteiger partial charge in [-0.3, -0.25) is 9.80 Å². The number of thiocarbonyl (C=S) groups is 1. The number of rotatable bonds is 4. The quantitative estimate of drug-likeness (QED) is 0.493. The van der Waals surface area contributed by atoms with E-state index in [1.165, 1.54) is 37.5 Å². The predicted octanol–water partition coefficient (Wildman–Crippen LogP) is 3.56. The number of hydrogen-bond acceptors (Lipinski definition) is 3. The Balaban J connectivity index is 1.55. The van der Waals surface area contributed by atoms with Crippen molar-refractivity contribution < 1.29 is 4.79 Å². The summed E-state index contributed by atoms with van der Waals surface area (Å²) in [7, 11) is 0. The van der Waals surface area contributed by atoms with Gasteiger partial charge in [-0.25, -0.2) is 9.99 Å². The number of hydrazine groups is 1. The first kappa shape index (κ1) is 18.1. The number of nitrogens with zero attached hydrogens (tertiary/aromatic N) is 3. The van der Waals surface area contributed by atoms with Crippen molar-refractivity contribution >= 4 is 34.8 Å². The van der Waals surface area contributed by atoms with Crippen molar-refractivity contribution in [1.82, 2.24) is 20.3 Å². The molecule has 1 aromatic rings. The molecule has 0 bridgehead atoms. The summed E-state index contributed by atoms with van der Waals surface area (Å²) < 4.78 is 0. The normalized spacial score (nSPS) is 17.4. The molecule has 1 saturated heterocycles. The molecule has 1 aromatic heterocycles. The monoisotopic (exact) mass is 378 g/mol. The zero-order valence-corrected chi connectivity index (χ0v) is 15.8. The van der Waals surface area contributed by atoms with Crippen molar-refractivity contribution in [1.29, 1.82) is 0 Å². The second kappa shape index (κ2) is 8.63. The van der Waals surface area contributed by atoms with Crippen LogP contribution in [0.1, 0.15) is 48.9 Å². The van der Waals surface area contributed by atoms with Crippen LogP contribution in [-0.2, 0) is 0 Å². The van der Waals surface area contributed by atoms with Gasteiger partial charge in [0, 0.05) is 25.8 Å². The van der Waals surface area contributed by atoms with E-state index >= 15 is 0 Å². The Labute approximate surface area is 159 Å². The Morgan fingerprint density at radius 1 is 1.24 bits per heavy atom. The van der Waals surface area contributed by atoms with Crippen molar-refractivity contribution in [3.8, 4) is 0 Å². The molecule has 2 aliphatic rings. The van der Waals surface area contributed by atoms with Crippen molar-refractivity contribution in [2.45, 2.75) is 38.5 Å². The highest BCUT2D eigenvalue weighted by Gasteiger charge is 2.29. The van der Waals surface area contributed by atoms with E-state index in [-0.39, 0.29) is 5.91 Å². The van der Waals surface area contributed by atoms with Crippen LogP contribution in [-0.4, -0.2) is 45.7 Å². The highest BCUT2D eigenvalue weighted by molar-refractivity contribution is 7.80. The summed E-state index contributed by atoms with van der Waals surface area (Å²) in [6, 6.07) is 3.32. The van der Waals surface area contributed by atoms with Crippen LogP contribution in [0.4, 0.5) is 0 Å². The first-order valence-electron chi connectivity index (χ1n) is 8.82. The van der Waals surface area contributed by atoms with E-state index < -0.39 is 0 Å². The van der Waals surface area contributed by atoms with Crippen LogP contribution in [0.25, 0.3) is 0 Å². The van der Waals surface area contributed by atoms with Gasteiger partial charge in [-0.1, -0.05) is 23.3 Å². The lowest BCUT2D eigenvalue weighted by molar-refractivity contribution is 0.0491. The SMILES string of the molecule is O=C(c1ccc(Cl)nc1)N1CCCN1C(=S)NCCC1=CCCCC1. The summed E-state index contributed by atoms with van der Waals surface area (Å²) in [6.07, 6.45) is 10.8. The van der Waals surface area contributed by atoms with Gasteiger partial charge in [0.15, 0.2) is 5.11 Å². The molecule has 5 nitrogen and oxygen atoms in total. The molecule has 1 fully saturated rings. The molecule has 2 heterocycles. The molecule has 1 aliphatic carbocycles. The van der Waals surface area contributed by atoms with E-state index in [1.807, 2.05) is 5.01 Å². The Bertz CT molecular complexity index is 662. The van der Waals surface area contributed by atoms with Crippen LogP contribution < -0.4 is 5.32 Å². The first-order chi connectivity index (χ1) is 12.1. The topological polar surface area (TPSA) is 48.5 Å². The molecule has 0 atom stereocenters. The number of allylic oxidation sites excluding steroid dienone is 1. The number of carbonyl (C=O) groups is 1. The van der Waals surface area contributed by atoms with Gasteiger partial charge in [0.25, 0.3) is 5.91 Å². The van der Waals surface area contributed by atoms with Crippen molar-refractivity contribution in [3.63, 3.8) is 0 Å². The highest BCUT2D eigenvalue weighted by Crippen LogP contribution is 2.20. The standard InChI is InChI=1S/C18H23ClN4OS/c19-16-8-7-15(13-21-16)17(24)22-11-4-12-23(22)18(25)20-10-9-14-5-2-1-3-6-14/h5,7-8,13H,1-4,6,9-12H2,(H,20,25). The van der Waals surface area contributed by atoms with Gasteiger partial charge in [-0.05, 0) is 62.9 Å². The number of nitrogens with one attached hydrogen (secondary N) is 1. The molecular weight excluding hydrogens is 356 g/mol. The fourth-order valence-corrected chi connectivity index (χ4v) is 3.64. The molecule has 7 heteroatoms. The van der Waals surface area contributed by atoms with Gasteiger partial charge in [0.2, 0.25) is 0 Å². The summed E-state index contributed by atoms with van der Waals surface area (Å²) in [4.78, 5) is 16.7. The van der Waals surface area contributed by atoms with Crippen LogP contribution >= 0.6 is 23.8 Å². The first-order valence-corrected chi connectivity index (χ1v) is 9.60. The van der Waals surface area contributed by atoms with Crippen LogP contribution in [0.5, 0.6) is 0 Å². The van der Waals surface area contributed by atoms with E-state index in [1.54, 1.807) is 17.1 Å². The lowest BCUT2D eigenvalue weighted by Crippen LogP contribution is -2.49. The number of pyridine rings is 1. The molecule has 0 saturated carbocycles. The van der Waals surface area contributed by atoms with Crippen molar-refractivity contribution in [2.24, 2.45) is 0 Å². The van der Waals surface area contributed by atoms with E-state index in [0.29, 0.717) is 22.4 Å². The van der Waals surface area contributed by atoms with E-state index in [9.17, 15) is 4.79 Å². The largest absolute Gasteiger partial charge is 0.361 e. The minimum absolute atomic E-state index is 0.0965. The van der Waals surface area contributed by atoms with Crippen LogP contribution in [0, 0.1) is 0 Å². The second-order valence-corrected chi connectivity index (χ2v) is 7.14. The van der Waals surface area contributed by atoms with Crippen LogP contribution in [0.3, 0.4) is 0 Å². The maximum Gasteiger partial charge on any atom is 0.274 e. The molecule has 0 aromatic carbocycles. The summed E-state index contributed by atoms with van der Waals surface area (Å²) >= 11 is 11.3. The summed E-state index contributed by atoms with van der Waals surface area (Å²) in [5, 5.41) is 7.85. The number of hydrogen-bond donors (Lipinski definition) is 1. The number of amides is 1. The second-order valence-electron chi connectivity index (χ2n) is 6.36. The highest BCUT2D eigenvalue weighted by atomic mass is 35.5. The molecule has 0 radical (unpaired) electrons. The smallest absolute Gasteiger partial charge is 0.274 e. The zero-order valence-electron chi connectivity index (χ0n) is 14.2. The van der Waals surface area contributed by atoms with Gasteiger partial charge >= 0.3 is 0 Å². The molecule has 1 amide bonds. The lowest BCUT2D eigenvalue weighted by Gasteiger charge is -2.30. The molecule has 134 valence electrons. The average molecular weight is 379 g/mol. The minimum atomic E-state index is -0.0965. The third-order valence-electron chi connectivity index (χ3n) is 4.58. The van der Waals surface area contributed by atoms with Gasteiger partial charge in [0.05, 0.1) is 5.56 Å². The Hall–Kier alpha value is -1.66. The molecule has 0 spiro atoms. The van der Waals surface area contributed by atoms with Crippen molar-refractivity contribution in [2.75, 3.05) is 19.6 Å². The third kappa shape index (κ3) is 4.70. The van der Waals surface area contributed by atoms with E-state index in [2.05, 4.69) is 16.4 Å². The fraction of sp³-hybridized carbons (Fsp3) is 0.500. The lowest BCUT2D eigenvalue weighted by atomic mass is 9.97. The third-order valence-corrected chi connectivity index (χ3v) is 5.16. The van der Waals surface area contributed by atoms with E-state index in [4.69, 9.17) is 23.8 Å². The molecule has 25 heavy (non-hydrogen) atoms. The number of aromatic nitrogens is 1. The average Bonchev–Trinajstić information content (AvgIpc) is 3.12. The summed E-state index contributed by atoms with van der Waals surface area (Å²) in [5.74, 6) is -0.0965. The predicted molar refractivity (Wildman–Crippen MR) is 103 cm³/mol. The zero-order chi connectivity index (χ0) is 17.6. The summed E-state index contributed by atoms with van der Waals surface area (Å²) in [6.45, 7) is 2.22. The molecule has 1 N–H and O–H groups in total. The van der Waals surface area contributed by atoms with Gasteiger partial charge in [-0.2, -0.15) is 0 Å². The van der Waals surface area contributed by atoms with Crippen molar-refractivity contribution in [3.05, 3.63) is 40.7 Å². The maximum absolute atomic E-state index is 12.7. The molecular formula is C18H23ClN4OS.